The van der Waals surface area contributed by atoms with Crippen molar-refractivity contribution in [3.63, 3.8) is 0 Å². The van der Waals surface area contributed by atoms with E-state index in [0.29, 0.717) is 0 Å². The molecule has 2 heterocycles. The van der Waals surface area contributed by atoms with Gasteiger partial charge < -0.3 is 9.47 Å². The van der Waals surface area contributed by atoms with Gasteiger partial charge in [0.1, 0.15) is 5.82 Å². The highest BCUT2D eigenvalue weighted by molar-refractivity contribution is 6.04. The maximum absolute atomic E-state index is 4.89. The van der Waals surface area contributed by atoms with Gasteiger partial charge in [-0.05, 0) is 30.5 Å². The molecule has 1 aliphatic rings. The molecule has 4 heteroatoms. The molecule has 0 N–H and O–H groups in total. The topological polar surface area (TPSA) is 24.3 Å². The zero-order valence-electron chi connectivity index (χ0n) is 16.4. The Balaban J connectivity index is 1.29. The summed E-state index contributed by atoms with van der Waals surface area (Å²) < 4.78 is 2.38. The first kappa shape index (κ1) is 17.3. The van der Waals surface area contributed by atoms with Gasteiger partial charge in [-0.3, -0.25) is 4.90 Å². The first-order valence-electron chi connectivity index (χ1n) is 10.2. The Hall–Kier alpha value is -2.85. The van der Waals surface area contributed by atoms with Crippen molar-refractivity contribution in [1.29, 1.82) is 0 Å². The van der Waals surface area contributed by atoms with Crippen LogP contribution >= 0.6 is 0 Å². The minimum Gasteiger partial charge on any atom is -0.369 e. The maximum atomic E-state index is 4.89. The van der Waals surface area contributed by atoms with Crippen molar-refractivity contribution in [2.24, 2.45) is 0 Å². The summed E-state index contributed by atoms with van der Waals surface area (Å²) in [5.41, 5.74) is 3.72. The summed E-state index contributed by atoms with van der Waals surface area (Å²) in [6.07, 6.45) is 0. The van der Waals surface area contributed by atoms with E-state index in [-0.39, 0.29) is 0 Å². The molecule has 28 heavy (non-hydrogen) atoms. The number of hydrogen-bond donors (Lipinski definition) is 0. The van der Waals surface area contributed by atoms with E-state index in [2.05, 4.69) is 88.0 Å². The third-order valence-electron chi connectivity index (χ3n) is 5.97. The lowest BCUT2D eigenvalue weighted by Crippen LogP contribution is -2.47. The van der Waals surface area contributed by atoms with Gasteiger partial charge in [-0.25, -0.2) is 4.98 Å². The van der Waals surface area contributed by atoms with E-state index in [9.17, 15) is 0 Å². The van der Waals surface area contributed by atoms with Crippen LogP contribution in [0.15, 0.2) is 66.7 Å². The minimum absolute atomic E-state index is 0.992. The molecule has 0 aliphatic carbocycles. The fourth-order valence-electron chi connectivity index (χ4n) is 4.37. The number of imidazole rings is 1. The molecule has 1 aliphatic heterocycles. The predicted molar refractivity (Wildman–Crippen MR) is 117 cm³/mol. The summed E-state index contributed by atoms with van der Waals surface area (Å²) in [5, 5.41) is 2.51. The summed E-state index contributed by atoms with van der Waals surface area (Å²) in [4.78, 5) is 9.95. The molecule has 0 saturated carbocycles. The SMILES string of the molecule is Cc1nc2c3ccccc3ccc2n1CCN1CCN(c2ccccc2)CC1. The van der Waals surface area contributed by atoms with Crippen LogP contribution in [0.5, 0.6) is 0 Å². The van der Waals surface area contributed by atoms with Crippen molar-refractivity contribution in [2.45, 2.75) is 13.5 Å². The number of para-hydroxylation sites is 1. The van der Waals surface area contributed by atoms with Crippen molar-refractivity contribution in [3.05, 3.63) is 72.6 Å². The summed E-state index contributed by atoms with van der Waals surface area (Å²) in [6.45, 7) is 8.61. The van der Waals surface area contributed by atoms with E-state index in [0.717, 1.165) is 50.6 Å². The van der Waals surface area contributed by atoms with Crippen molar-refractivity contribution in [3.8, 4) is 0 Å². The molecule has 0 radical (unpaired) electrons. The Morgan fingerprint density at radius 2 is 1.54 bits per heavy atom. The Morgan fingerprint density at radius 3 is 2.36 bits per heavy atom. The number of nitrogens with zero attached hydrogens (tertiary/aromatic N) is 4. The Morgan fingerprint density at radius 1 is 0.786 bits per heavy atom. The smallest absolute Gasteiger partial charge is 0.106 e. The normalized spacial score (nSPS) is 15.5. The number of aromatic nitrogens is 2. The van der Waals surface area contributed by atoms with Gasteiger partial charge in [0.05, 0.1) is 11.0 Å². The fraction of sp³-hybridized carbons (Fsp3) is 0.292. The number of benzene rings is 3. The number of fused-ring (bicyclic) bond motifs is 3. The van der Waals surface area contributed by atoms with Crippen molar-refractivity contribution in [1.82, 2.24) is 14.5 Å². The summed E-state index contributed by atoms with van der Waals surface area (Å²) >= 11 is 0. The van der Waals surface area contributed by atoms with Crippen LogP contribution in [0.3, 0.4) is 0 Å². The van der Waals surface area contributed by atoms with E-state index in [1.807, 2.05) is 0 Å². The highest BCUT2D eigenvalue weighted by Crippen LogP contribution is 2.25. The number of aryl methyl sites for hydroxylation is 1. The van der Waals surface area contributed by atoms with Gasteiger partial charge in [-0.1, -0.05) is 48.5 Å². The molecule has 1 aromatic heterocycles. The summed E-state index contributed by atoms with van der Waals surface area (Å²) in [6, 6.07) is 23.7. The molecule has 1 fully saturated rings. The zero-order valence-corrected chi connectivity index (χ0v) is 16.4. The van der Waals surface area contributed by atoms with Crippen LogP contribution in [0, 0.1) is 6.92 Å². The van der Waals surface area contributed by atoms with E-state index >= 15 is 0 Å². The average molecular weight is 371 g/mol. The highest BCUT2D eigenvalue weighted by atomic mass is 15.3. The quantitative estimate of drug-likeness (QED) is 0.535. The number of anilines is 1. The van der Waals surface area contributed by atoms with Gasteiger partial charge in [0.15, 0.2) is 0 Å². The second kappa shape index (κ2) is 7.28. The molecular formula is C24H26N4. The van der Waals surface area contributed by atoms with Crippen LogP contribution in [0.2, 0.25) is 0 Å². The molecule has 0 unspecified atom stereocenters. The molecule has 1 saturated heterocycles. The van der Waals surface area contributed by atoms with Gasteiger partial charge in [0, 0.05) is 50.3 Å². The molecule has 142 valence electrons. The van der Waals surface area contributed by atoms with Gasteiger partial charge in [0.25, 0.3) is 0 Å². The van der Waals surface area contributed by atoms with Crippen LogP contribution in [-0.4, -0.2) is 47.2 Å². The Labute approximate surface area is 166 Å². The number of piperazine rings is 1. The molecule has 4 nitrogen and oxygen atoms in total. The van der Waals surface area contributed by atoms with E-state index in [1.54, 1.807) is 0 Å². The van der Waals surface area contributed by atoms with Crippen LogP contribution < -0.4 is 4.90 Å². The molecule has 3 aromatic carbocycles. The fourth-order valence-corrected chi connectivity index (χ4v) is 4.37. The van der Waals surface area contributed by atoms with Crippen LogP contribution in [-0.2, 0) is 6.54 Å². The number of rotatable bonds is 4. The number of hydrogen-bond acceptors (Lipinski definition) is 3. The standard InChI is InChI=1S/C24H26N4/c1-19-25-24-22-10-6-5-7-20(22)11-12-23(24)28(19)18-15-26-13-16-27(17-14-26)21-8-3-2-4-9-21/h2-12H,13-18H2,1H3. The second-order valence-electron chi connectivity index (χ2n) is 7.63. The molecule has 0 atom stereocenters. The average Bonchev–Trinajstić information content (AvgIpc) is 3.09. The summed E-state index contributed by atoms with van der Waals surface area (Å²) in [5.74, 6) is 1.11. The van der Waals surface area contributed by atoms with Crippen molar-refractivity contribution >= 4 is 27.5 Å². The minimum atomic E-state index is 0.992. The molecule has 0 amide bonds. The molecule has 0 bridgehead atoms. The van der Waals surface area contributed by atoms with Gasteiger partial charge >= 0.3 is 0 Å². The zero-order chi connectivity index (χ0) is 18.9. The van der Waals surface area contributed by atoms with Crippen LogP contribution in [0.25, 0.3) is 21.8 Å². The monoisotopic (exact) mass is 370 g/mol. The largest absolute Gasteiger partial charge is 0.369 e. The molecule has 4 aromatic rings. The van der Waals surface area contributed by atoms with E-state index in [1.165, 1.54) is 22.0 Å². The van der Waals surface area contributed by atoms with Crippen LogP contribution in [0.4, 0.5) is 5.69 Å². The molecule has 0 spiro atoms. The van der Waals surface area contributed by atoms with Gasteiger partial charge in [-0.15, -0.1) is 0 Å². The summed E-state index contributed by atoms with van der Waals surface area (Å²) in [7, 11) is 0. The van der Waals surface area contributed by atoms with Gasteiger partial charge in [-0.2, -0.15) is 0 Å². The lowest BCUT2D eigenvalue weighted by Gasteiger charge is -2.36. The first-order valence-corrected chi connectivity index (χ1v) is 10.2. The second-order valence-corrected chi connectivity index (χ2v) is 7.63. The first-order chi connectivity index (χ1) is 13.8. The Bertz CT molecular complexity index is 1090. The van der Waals surface area contributed by atoms with E-state index < -0.39 is 0 Å². The third kappa shape index (κ3) is 3.14. The Kier molecular flexibility index (Phi) is 4.49. The lowest BCUT2D eigenvalue weighted by molar-refractivity contribution is 0.248. The highest BCUT2D eigenvalue weighted by Gasteiger charge is 2.18. The maximum Gasteiger partial charge on any atom is 0.106 e. The predicted octanol–water partition coefficient (Wildman–Crippen LogP) is 4.32. The third-order valence-corrected chi connectivity index (χ3v) is 5.97. The van der Waals surface area contributed by atoms with Crippen molar-refractivity contribution in [2.75, 3.05) is 37.6 Å². The van der Waals surface area contributed by atoms with Gasteiger partial charge in [0.2, 0.25) is 0 Å². The lowest BCUT2D eigenvalue weighted by atomic mass is 10.1. The molecule has 5 rings (SSSR count). The molecular weight excluding hydrogens is 344 g/mol. The van der Waals surface area contributed by atoms with E-state index in [4.69, 9.17) is 4.98 Å². The van der Waals surface area contributed by atoms with Crippen LogP contribution in [0.1, 0.15) is 5.82 Å². The van der Waals surface area contributed by atoms with Crippen molar-refractivity contribution < 1.29 is 0 Å².